The monoisotopic (exact) mass is 402 g/mol. The zero-order valence-corrected chi connectivity index (χ0v) is 18.4. The van der Waals surface area contributed by atoms with Crippen LogP contribution in [0.3, 0.4) is 0 Å². The topological polar surface area (TPSA) is 32.7 Å². The maximum atomic E-state index is 13.0. The van der Waals surface area contributed by atoms with Gasteiger partial charge in [-0.15, -0.1) is 0 Å². The number of fused-ring (bicyclic) bond motifs is 1. The van der Waals surface area contributed by atoms with Crippen molar-refractivity contribution in [3.8, 4) is 0 Å². The number of carbonyl (C=O) groups is 1. The van der Waals surface area contributed by atoms with E-state index in [4.69, 9.17) is 4.99 Å². The summed E-state index contributed by atoms with van der Waals surface area (Å²) in [6, 6.07) is 17.4. The highest BCUT2D eigenvalue weighted by atomic mass is 16.2. The zero-order chi connectivity index (χ0) is 20.9. The summed E-state index contributed by atoms with van der Waals surface area (Å²) in [4.78, 5) is 20.0. The average molecular weight is 403 g/mol. The van der Waals surface area contributed by atoms with E-state index in [2.05, 4.69) is 67.3 Å². The van der Waals surface area contributed by atoms with Gasteiger partial charge >= 0.3 is 0 Å². The number of piperidine rings is 1. The Bertz CT molecular complexity index is 903. The number of rotatable bonds is 7. The van der Waals surface area contributed by atoms with Crippen LogP contribution < -0.4 is 0 Å². The number of aliphatic imine (C=N–C) groups is 1. The summed E-state index contributed by atoms with van der Waals surface area (Å²) in [7, 11) is 0. The molecule has 30 heavy (non-hydrogen) atoms. The van der Waals surface area contributed by atoms with Gasteiger partial charge in [-0.1, -0.05) is 63.1 Å². The van der Waals surface area contributed by atoms with Crippen LogP contribution >= 0.6 is 0 Å². The summed E-state index contributed by atoms with van der Waals surface area (Å²) in [6.45, 7) is 6.15. The Morgan fingerprint density at radius 1 is 1.03 bits per heavy atom. The number of benzene rings is 2. The van der Waals surface area contributed by atoms with Crippen LogP contribution in [-0.4, -0.2) is 29.6 Å². The van der Waals surface area contributed by atoms with Crippen molar-refractivity contribution in [2.45, 2.75) is 64.7 Å². The standard InChI is InChI=1S/C27H34N2O/c1-3-8-21(9-4-2)27(30)29-16-14-20(15-17-29)22-11-7-12-23(18-22)26-19-24-10-5-6-13-25(24)28-26/h5-7,10-13,18,20-21H,3-4,8-9,14-17,19H2,1-2H3. The van der Waals surface area contributed by atoms with E-state index in [0.29, 0.717) is 11.8 Å². The van der Waals surface area contributed by atoms with Crippen LogP contribution in [0, 0.1) is 5.92 Å². The fourth-order valence-corrected chi connectivity index (χ4v) is 5.05. The molecule has 2 heterocycles. The van der Waals surface area contributed by atoms with Gasteiger partial charge in [0.2, 0.25) is 5.91 Å². The Labute approximate surface area is 181 Å². The summed E-state index contributed by atoms with van der Waals surface area (Å²) in [5.74, 6) is 1.15. The number of nitrogens with zero attached hydrogens (tertiary/aromatic N) is 2. The van der Waals surface area contributed by atoms with E-state index in [9.17, 15) is 4.79 Å². The SMILES string of the molecule is CCCC(CCC)C(=O)N1CCC(c2cccc(C3=Nc4ccccc4C3)c2)CC1. The molecule has 3 nitrogen and oxygen atoms in total. The van der Waals surface area contributed by atoms with Gasteiger partial charge < -0.3 is 4.90 Å². The molecule has 0 aromatic heterocycles. The second kappa shape index (κ2) is 9.59. The van der Waals surface area contributed by atoms with Crippen LogP contribution in [0.1, 0.15) is 75.0 Å². The van der Waals surface area contributed by atoms with Gasteiger partial charge in [0.25, 0.3) is 0 Å². The number of para-hydroxylation sites is 1. The Morgan fingerprint density at radius 2 is 1.77 bits per heavy atom. The number of amides is 1. The molecular weight excluding hydrogens is 368 g/mol. The van der Waals surface area contributed by atoms with Crippen molar-refractivity contribution in [3.63, 3.8) is 0 Å². The smallest absolute Gasteiger partial charge is 0.225 e. The normalized spacial score (nSPS) is 16.6. The van der Waals surface area contributed by atoms with Gasteiger partial charge in [-0.3, -0.25) is 9.79 Å². The first-order valence-electron chi connectivity index (χ1n) is 11.7. The predicted molar refractivity (Wildman–Crippen MR) is 125 cm³/mol. The fourth-order valence-electron chi connectivity index (χ4n) is 5.05. The lowest BCUT2D eigenvalue weighted by atomic mass is 9.87. The van der Waals surface area contributed by atoms with Crippen LogP contribution in [0.5, 0.6) is 0 Å². The number of hydrogen-bond donors (Lipinski definition) is 0. The van der Waals surface area contributed by atoms with E-state index in [1.165, 1.54) is 22.4 Å². The molecule has 0 atom stereocenters. The summed E-state index contributed by atoms with van der Waals surface area (Å²) in [5.41, 5.74) is 6.24. The highest BCUT2D eigenvalue weighted by molar-refractivity contribution is 6.06. The van der Waals surface area contributed by atoms with Crippen molar-refractivity contribution in [1.29, 1.82) is 0 Å². The molecule has 2 aliphatic heterocycles. The Kier molecular flexibility index (Phi) is 6.66. The lowest BCUT2D eigenvalue weighted by Crippen LogP contribution is -2.41. The second-order valence-electron chi connectivity index (χ2n) is 8.86. The number of carbonyl (C=O) groups excluding carboxylic acids is 1. The zero-order valence-electron chi connectivity index (χ0n) is 18.4. The predicted octanol–water partition coefficient (Wildman–Crippen LogP) is 6.29. The van der Waals surface area contributed by atoms with Crippen LogP contribution in [0.15, 0.2) is 53.5 Å². The number of likely N-dealkylation sites (tertiary alicyclic amines) is 1. The van der Waals surface area contributed by atoms with Crippen LogP contribution in [-0.2, 0) is 11.2 Å². The van der Waals surface area contributed by atoms with Crippen molar-refractivity contribution in [2.24, 2.45) is 10.9 Å². The van der Waals surface area contributed by atoms with E-state index in [0.717, 1.165) is 63.7 Å². The molecule has 0 unspecified atom stereocenters. The van der Waals surface area contributed by atoms with Crippen LogP contribution in [0.25, 0.3) is 0 Å². The van der Waals surface area contributed by atoms with E-state index >= 15 is 0 Å². The lowest BCUT2D eigenvalue weighted by Gasteiger charge is -2.34. The summed E-state index contributed by atoms with van der Waals surface area (Å²) < 4.78 is 0. The molecule has 0 aliphatic carbocycles. The first-order valence-corrected chi connectivity index (χ1v) is 11.7. The molecule has 2 aromatic rings. The van der Waals surface area contributed by atoms with E-state index < -0.39 is 0 Å². The van der Waals surface area contributed by atoms with Gasteiger partial charge in [0, 0.05) is 25.4 Å². The highest BCUT2D eigenvalue weighted by Crippen LogP contribution is 2.32. The molecule has 1 saturated heterocycles. The van der Waals surface area contributed by atoms with E-state index in [1.54, 1.807) is 0 Å². The van der Waals surface area contributed by atoms with Crippen LogP contribution in [0.2, 0.25) is 0 Å². The molecule has 1 amide bonds. The van der Waals surface area contributed by atoms with Crippen molar-refractivity contribution < 1.29 is 4.79 Å². The summed E-state index contributed by atoms with van der Waals surface area (Å²) >= 11 is 0. The van der Waals surface area contributed by atoms with Crippen molar-refractivity contribution in [1.82, 2.24) is 4.90 Å². The molecule has 0 saturated carbocycles. The molecule has 2 aromatic carbocycles. The Hall–Kier alpha value is -2.42. The van der Waals surface area contributed by atoms with Gasteiger partial charge in [-0.05, 0) is 60.4 Å². The van der Waals surface area contributed by atoms with E-state index in [-0.39, 0.29) is 5.92 Å². The number of hydrogen-bond acceptors (Lipinski definition) is 2. The minimum Gasteiger partial charge on any atom is -0.342 e. The lowest BCUT2D eigenvalue weighted by molar-refractivity contribution is -0.137. The van der Waals surface area contributed by atoms with Gasteiger partial charge in [-0.25, -0.2) is 0 Å². The molecule has 1 fully saturated rings. The van der Waals surface area contributed by atoms with Crippen molar-refractivity contribution >= 4 is 17.3 Å². The van der Waals surface area contributed by atoms with Crippen LogP contribution in [0.4, 0.5) is 5.69 Å². The third-order valence-corrected chi connectivity index (χ3v) is 6.73. The molecular formula is C27H34N2O. The molecule has 4 rings (SSSR count). The maximum Gasteiger partial charge on any atom is 0.225 e. The summed E-state index contributed by atoms with van der Waals surface area (Å²) in [6.07, 6.45) is 7.28. The molecule has 0 spiro atoms. The Morgan fingerprint density at radius 3 is 2.47 bits per heavy atom. The van der Waals surface area contributed by atoms with E-state index in [1.807, 2.05) is 0 Å². The molecule has 0 N–H and O–H groups in total. The quantitative estimate of drug-likeness (QED) is 0.536. The fraction of sp³-hybridized carbons (Fsp3) is 0.481. The second-order valence-corrected chi connectivity index (χ2v) is 8.86. The summed E-state index contributed by atoms with van der Waals surface area (Å²) in [5, 5.41) is 0. The van der Waals surface area contributed by atoms with Crippen molar-refractivity contribution in [2.75, 3.05) is 13.1 Å². The third-order valence-electron chi connectivity index (χ3n) is 6.73. The maximum absolute atomic E-state index is 13.0. The molecule has 0 radical (unpaired) electrons. The first-order chi connectivity index (χ1) is 14.7. The first kappa shape index (κ1) is 20.8. The Balaban J connectivity index is 1.40. The third kappa shape index (κ3) is 4.50. The largest absolute Gasteiger partial charge is 0.342 e. The molecule has 158 valence electrons. The molecule has 3 heteroatoms. The minimum absolute atomic E-state index is 0.224. The van der Waals surface area contributed by atoms with Crippen molar-refractivity contribution in [3.05, 3.63) is 65.2 Å². The van der Waals surface area contributed by atoms with Gasteiger partial charge in [-0.2, -0.15) is 0 Å². The minimum atomic E-state index is 0.224. The molecule has 0 bridgehead atoms. The highest BCUT2D eigenvalue weighted by Gasteiger charge is 2.28. The average Bonchev–Trinajstić information content (AvgIpc) is 3.23. The van der Waals surface area contributed by atoms with Gasteiger partial charge in [0.1, 0.15) is 0 Å². The van der Waals surface area contributed by atoms with Gasteiger partial charge in [0.05, 0.1) is 11.4 Å². The van der Waals surface area contributed by atoms with Gasteiger partial charge in [0.15, 0.2) is 0 Å². The molecule has 2 aliphatic rings.